The summed E-state index contributed by atoms with van der Waals surface area (Å²) in [6.45, 7) is 0. The van der Waals surface area contributed by atoms with Gasteiger partial charge in [0.1, 0.15) is 0 Å². The zero-order valence-corrected chi connectivity index (χ0v) is 24.8. The van der Waals surface area contributed by atoms with Gasteiger partial charge in [-0.25, -0.2) is 4.79 Å². The molecule has 216 valence electrons. The first-order valence-electron chi connectivity index (χ1n) is 15.4. The van der Waals surface area contributed by atoms with Gasteiger partial charge in [0.2, 0.25) is 0 Å². The fraction of sp³-hybridized carbons (Fsp3) is 0. The number of aromatic nitrogens is 3. The fourth-order valence-corrected chi connectivity index (χ4v) is 7.01. The molecule has 2 aromatic heterocycles. The van der Waals surface area contributed by atoms with Gasteiger partial charge in [-0.1, -0.05) is 115 Å². The molecule has 0 unspecified atom stereocenters. The maximum absolute atomic E-state index is 14.2. The summed E-state index contributed by atoms with van der Waals surface area (Å²) in [7, 11) is 0. The minimum atomic E-state index is -0.132. The van der Waals surface area contributed by atoms with Crippen LogP contribution in [-0.4, -0.2) is 14.1 Å². The van der Waals surface area contributed by atoms with Gasteiger partial charge in [0.25, 0.3) is 0 Å². The zero-order valence-electron chi connectivity index (χ0n) is 24.8. The minimum Gasteiger partial charge on any atom is -0.262 e. The molecule has 4 nitrogen and oxygen atoms in total. The maximum Gasteiger partial charge on any atom is 0.338 e. The third kappa shape index (κ3) is 4.01. The first kappa shape index (κ1) is 26.2. The molecule has 0 saturated carbocycles. The molecule has 0 saturated heterocycles. The number of pyridine rings is 1. The molecule has 0 amide bonds. The van der Waals surface area contributed by atoms with E-state index >= 15 is 0 Å². The van der Waals surface area contributed by atoms with E-state index in [1.165, 1.54) is 32.7 Å². The number of fused-ring (bicyclic) bond motifs is 4. The van der Waals surface area contributed by atoms with Crippen LogP contribution in [0.5, 0.6) is 0 Å². The molecular formula is C42H27N3O. The van der Waals surface area contributed by atoms with Crippen molar-refractivity contribution in [1.29, 1.82) is 0 Å². The van der Waals surface area contributed by atoms with Crippen LogP contribution in [0.15, 0.2) is 169 Å². The number of para-hydroxylation sites is 3. The molecule has 2 heterocycles. The molecular weight excluding hydrogens is 562 g/mol. The van der Waals surface area contributed by atoms with Crippen LogP contribution in [0.4, 0.5) is 0 Å². The average Bonchev–Trinajstić information content (AvgIpc) is 3.42. The largest absolute Gasteiger partial charge is 0.338 e. The van der Waals surface area contributed by atoms with E-state index in [1.54, 1.807) is 15.3 Å². The Balaban J connectivity index is 1.31. The quantitative estimate of drug-likeness (QED) is 0.192. The van der Waals surface area contributed by atoms with Crippen LogP contribution in [-0.2, 0) is 0 Å². The molecule has 0 bridgehead atoms. The van der Waals surface area contributed by atoms with Crippen molar-refractivity contribution in [2.24, 2.45) is 0 Å². The SMILES string of the molecule is O=c1n(-c2ccccc2)c2ccccc2n1-c1cncc(-c2c3ccccc3c(-c3ccc4ccccc4c3)c3ccccc23)c1. The van der Waals surface area contributed by atoms with E-state index in [4.69, 9.17) is 4.98 Å². The molecule has 9 aromatic rings. The van der Waals surface area contributed by atoms with Crippen LogP contribution >= 0.6 is 0 Å². The average molecular weight is 590 g/mol. The summed E-state index contributed by atoms with van der Waals surface area (Å²) in [6.07, 6.45) is 3.69. The molecule has 0 aliphatic heterocycles. The molecule has 4 heteroatoms. The zero-order chi connectivity index (χ0) is 30.6. The van der Waals surface area contributed by atoms with Crippen molar-refractivity contribution in [1.82, 2.24) is 14.1 Å². The summed E-state index contributed by atoms with van der Waals surface area (Å²) in [5, 5.41) is 7.08. The van der Waals surface area contributed by atoms with E-state index in [0.29, 0.717) is 0 Å². The van der Waals surface area contributed by atoms with Gasteiger partial charge in [-0.05, 0) is 85.4 Å². The van der Waals surface area contributed by atoms with Crippen LogP contribution in [0, 0.1) is 0 Å². The summed E-state index contributed by atoms with van der Waals surface area (Å²) < 4.78 is 3.54. The third-order valence-corrected chi connectivity index (χ3v) is 9.00. The maximum atomic E-state index is 14.2. The number of nitrogens with zero attached hydrogens (tertiary/aromatic N) is 3. The van der Waals surface area contributed by atoms with Crippen LogP contribution in [0.2, 0.25) is 0 Å². The topological polar surface area (TPSA) is 39.8 Å². The number of hydrogen-bond donors (Lipinski definition) is 0. The van der Waals surface area contributed by atoms with Gasteiger partial charge < -0.3 is 0 Å². The van der Waals surface area contributed by atoms with E-state index < -0.39 is 0 Å². The molecule has 0 aliphatic carbocycles. The first-order chi connectivity index (χ1) is 22.8. The lowest BCUT2D eigenvalue weighted by Gasteiger charge is -2.18. The van der Waals surface area contributed by atoms with Crippen molar-refractivity contribution >= 4 is 43.4 Å². The first-order valence-corrected chi connectivity index (χ1v) is 15.4. The fourth-order valence-electron chi connectivity index (χ4n) is 7.01. The lowest BCUT2D eigenvalue weighted by Crippen LogP contribution is -2.22. The molecule has 46 heavy (non-hydrogen) atoms. The van der Waals surface area contributed by atoms with Gasteiger partial charge in [0.05, 0.1) is 28.6 Å². The van der Waals surface area contributed by atoms with Gasteiger partial charge >= 0.3 is 5.69 Å². The minimum absolute atomic E-state index is 0.132. The summed E-state index contributed by atoms with van der Waals surface area (Å²) >= 11 is 0. The van der Waals surface area contributed by atoms with Gasteiger partial charge in [-0.3, -0.25) is 14.1 Å². The Hall–Kier alpha value is -6.26. The van der Waals surface area contributed by atoms with Crippen molar-refractivity contribution in [3.63, 3.8) is 0 Å². The van der Waals surface area contributed by atoms with Crippen molar-refractivity contribution < 1.29 is 0 Å². The van der Waals surface area contributed by atoms with E-state index in [0.717, 1.165) is 44.3 Å². The van der Waals surface area contributed by atoms with E-state index in [1.807, 2.05) is 60.8 Å². The Labute approximate surface area is 265 Å². The van der Waals surface area contributed by atoms with Crippen molar-refractivity contribution in [2.45, 2.75) is 0 Å². The molecule has 9 rings (SSSR count). The van der Waals surface area contributed by atoms with Gasteiger partial charge in [-0.15, -0.1) is 0 Å². The molecule has 0 spiro atoms. The van der Waals surface area contributed by atoms with E-state index in [2.05, 4.69) is 97.1 Å². The highest BCUT2D eigenvalue weighted by atomic mass is 16.1. The molecule has 0 fully saturated rings. The summed E-state index contributed by atoms with van der Waals surface area (Å²) in [5.74, 6) is 0. The van der Waals surface area contributed by atoms with E-state index in [9.17, 15) is 4.79 Å². The van der Waals surface area contributed by atoms with Crippen LogP contribution < -0.4 is 5.69 Å². The second-order valence-electron chi connectivity index (χ2n) is 11.6. The Bertz CT molecular complexity index is 2610. The number of hydrogen-bond acceptors (Lipinski definition) is 2. The van der Waals surface area contributed by atoms with Gasteiger partial charge in [-0.2, -0.15) is 0 Å². The highest BCUT2D eigenvalue weighted by Crippen LogP contribution is 2.44. The molecule has 0 radical (unpaired) electrons. The monoisotopic (exact) mass is 589 g/mol. The Kier molecular flexibility index (Phi) is 5.93. The number of rotatable bonds is 4. The lowest BCUT2D eigenvalue weighted by atomic mass is 9.86. The Morgan fingerprint density at radius 2 is 0.935 bits per heavy atom. The lowest BCUT2D eigenvalue weighted by molar-refractivity contribution is 0.926. The summed E-state index contributed by atoms with van der Waals surface area (Å²) in [4.78, 5) is 18.9. The predicted octanol–water partition coefficient (Wildman–Crippen LogP) is 9.97. The van der Waals surface area contributed by atoms with E-state index in [-0.39, 0.29) is 5.69 Å². The van der Waals surface area contributed by atoms with Crippen molar-refractivity contribution in [2.75, 3.05) is 0 Å². The van der Waals surface area contributed by atoms with Crippen molar-refractivity contribution in [3.8, 4) is 33.6 Å². The Morgan fingerprint density at radius 3 is 1.59 bits per heavy atom. The normalized spacial score (nSPS) is 11.6. The third-order valence-electron chi connectivity index (χ3n) is 9.00. The highest BCUT2D eigenvalue weighted by molar-refractivity contribution is 6.21. The standard InChI is InChI=1S/C42H27N3O/c46-42-44(32-14-2-1-3-15-32)38-20-10-11-21-39(38)45(42)33-25-31(26-43-27-33)41-36-18-8-6-16-34(36)40(35-17-7-9-19-37(35)41)30-23-22-28-12-4-5-13-29(28)24-30/h1-27H. The second kappa shape index (κ2) is 10.4. The molecule has 7 aromatic carbocycles. The number of benzene rings is 7. The van der Waals surface area contributed by atoms with Crippen LogP contribution in [0.1, 0.15) is 0 Å². The van der Waals surface area contributed by atoms with Crippen molar-refractivity contribution in [3.05, 3.63) is 175 Å². The smallest absolute Gasteiger partial charge is 0.262 e. The highest BCUT2D eigenvalue weighted by Gasteiger charge is 2.20. The Morgan fingerprint density at radius 1 is 0.413 bits per heavy atom. The van der Waals surface area contributed by atoms with Gasteiger partial charge in [0, 0.05) is 11.8 Å². The van der Waals surface area contributed by atoms with Crippen LogP contribution in [0.3, 0.4) is 0 Å². The molecule has 0 aliphatic rings. The summed E-state index contributed by atoms with van der Waals surface area (Å²) in [5.41, 5.74) is 7.55. The second-order valence-corrected chi connectivity index (χ2v) is 11.6. The van der Waals surface area contributed by atoms with Crippen LogP contribution in [0.25, 0.3) is 77.0 Å². The molecule has 0 N–H and O–H groups in total. The summed E-state index contributed by atoms with van der Waals surface area (Å²) in [6, 6.07) is 52.3. The number of imidazole rings is 1. The predicted molar refractivity (Wildman–Crippen MR) is 190 cm³/mol. The molecule has 0 atom stereocenters. The van der Waals surface area contributed by atoms with Gasteiger partial charge in [0.15, 0.2) is 0 Å².